The molecule has 0 aliphatic carbocycles. The summed E-state index contributed by atoms with van der Waals surface area (Å²) in [7, 11) is -3.88. The van der Waals surface area contributed by atoms with Gasteiger partial charge in [0.05, 0.1) is 16.5 Å². The Morgan fingerprint density at radius 3 is 2.40 bits per heavy atom. The van der Waals surface area contributed by atoms with E-state index in [1.54, 1.807) is 24.3 Å². The Labute approximate surface area is 208 Å². The topological polar surface area (TPSA) is 93.7 Å². The molecule has 180 valence electrons. The Balaban J connectivity index is 1.39. The van der Waals surface area contributed by atoms with E-state index >= 15 is 0 Å². The molecule has 0 spiro atoms. The van der Waals surface area contributed by atoms with Crippen molar-refractivity contribution in [2.45, 2.75) is 11.8 Å². The van der Waals surface area contributed by atoms with Crippen molar-refractivity contribution in [3.05, 3.63) is 90.0 Å². The van der Waals surface area contributed by atoms with Crippen molar-refractivity contribution in [3.63, 3.8) is 0 Å². The summed E-state index contributed by atoms with van der Waals surface area (Å²) in [6.07, 6.45) is 0. The molecule has 1 amide bonds. The van der Waals surface area contributed by atoms with Crippen molar-refractivity contribution in [1.29, 1.82) is 0 Å². The highest BCUT2D eigenvalue weighted by Gasteiger charge is 2.17. The van der Waals surface area contributed by atoms with Gasteiger partial charge in [-0.3, -0.25) is 9.52 Å². The van der Waals surface area contributed by atoms with E-state index in [-0.39, 0.29) is 28.2 Å². The molecule has 0 fully saturated rings. The van der Waals surface area contributed by atoms with Gasteiger partial charge < -0.3 is 14.8 Å². The van der Waals surface area contributed by atoms with Crippen molar-refractivity contribution in [1.82, 2.24) is 0 Å². The van der Waals surface area contributed by atoms with E-state index < -0.39 is 10.0 Å². The van der Waals surface area contributed by atoms with Crippen LogP contribution < -0.4 is 19.5 Å². The highest BCUT2D eigenvalue weighted by Crippen LogP contribution is 2.29. The van der Waals surface area contributed by atoms with Crippen LogP contribution in [0.2, 0.25) is 5.02 Å². The van der Waals surface area contributed by atoms with Crippen molar-refractivity contribution >= 4 is 49.7 Å². The third kappa shape index (κ3) is 6.03. The van der Waals surface area contributed by atoms with Gasteiger partial charge in [-0.1, -0.05) is 48.0 Å². The standard InChI is InChI=1S/C26H23ClN2O5S/c1-2-33-20-12-10-19(11-13-20)29-35(31,32)21-14-15-25(23(27)16-21)34-17-26(30)28-24-9-5-7-18-6-3-4-8-22(18)24/h3-16,29H,2,17H2,1H3,(H,28,30). The maximum absolute atomic E-state index is 12.7. The second-order valence-electron chi connectivity index (χ2n) is 7.52. The van der Waals surface area contributed by atoms with E-state index in [0.717, 1.165) is 10.8 Å². The average Bonchev–Trinajstić information content (AvgIpc) is 2.85. The molecule has 4 aromatic carbocycles. The van der Waals surface area contributed by atoms with Gasteiger partial charge in [-0.25, -0.2) is 8.42 Å². The zero-order chi connectivity index (χ0) is 24.8. The number of carbonyl (C=O) groups excluding carboxylic acids is 1. The molecule has 0 radical (unpaired) electrons. The summed E-state index contributed by atoms with van der Waals surface area (Å²) in [5.41, 5.74) is 1.06. The molecule has 0 saturated carbocycles. The minimum absolute atomic E-state index is 0.0380. The Morgan fingerprint density at radius 2 is 1.66 bits per heavy atom. The molecule has 0 unspecified atom stereocenters. The lowest BCUT2D eigenvalue weighted by atomic mass is 10.1. The van der Waals surface area contributed by atoms with Crippen LogP contribution in [-0.4, -0.2) is 27.5 Å². The summed E-state index contributed by atoms with van der Waals surface area (Å²) in [6, 6.07) is 23.9. The maximum atomic E-state index is 12.7. The number of nitrogens with one attached hydrogen (secondary N) is 2. The van der Waals surface area contributed by atoms with Crippen LogP contribution in [0.3, 0.4) is 0 Å². The Bertz CT molecular complexity index is 1450. The number of halogens is 1. The fraction of sp³-hybridized carbons (Fsp3) is 0.115. The number of hydrogen-bond acceptors (Lipinski definition) is 5. The molecule has 4 aromatic rings. The third-order valence-corrected chi connectivity index (χ3v) is 6.73. The van der Waals surface area contributed by atoms with E-state index in [2.05, 4.69) is 10.0 Å². The number of amides is 1. The number of benzene rings is 4. The van der Waals surface area contributed by atoms with Crippen LogP contribution in [0.15, 0.2) is 89.8 Å². The molecule has 0 saturated heterocycles. The minimum atomic E-state index is -3.88. The summed E-state index contributed by atoms with van der Waals surface area (Å²) in [5.74, 6) is 0.468. The number of fused-ring (bicyclic) bond motifs is 1. The molecule has 0 aliphatic heterocycles. The first-order valence-corrected chi connectivity index (χ1v) is 12.7. The average molecular weight is 511 g/mol. The van der Waals surface area contributed by atoms with Crippen molar-refractivity contribution in [3.8, 4) is 11.5 Å². The largest absolute Gasteiger partial charge is 0.494 e. The van der Waals surface area contributed by atoms with E-state index in [0.29, 0.717) is 23.7 Å². The molecule has 35 heavy (non-hydrogen) atoms. The summed E-state index contributed by atoms with van der Waals surface area (Å²) in [4.78, 5) is 12.4. The molecule has 4 rings (SSSR count). The van der Waals surface area contributed by atoms with Gasteiger partial charge in [-0.05, 0) is 60.8 Å². The van der Waals surface area contributed by atoms with E-state index in [9.17, 15) is 13.2 Å². The van der Waals surface area contributed by atoms with Crippen LogP contribution in [0.25, 0.3) is 10.8 Å². The minimum Gasteiger partial charge on any atom is -0.494 e. The van der Waals surface area contributed by atoms with Crippen LogP contribution in [0.5, 0.6) is 11.5 Å². The molecule has 0 atom stereocenters. The monoisotopic (exact) mass is 510 g/mol. The third-order valence-electron chi connectivity index (χ3n) is 5.05. The number of carbonyl (C=O) groups is 1. The highest BCUT2D eigenvalue weighted by atomic mass is 35.5. The molecular formula is C26H23ClN2O5S. The Hall–Kier alpha value is -3.75. The van der Waals surface area contributed by atoms with E-state index in [1.165, 1.54) is 18.2 Å². The van der Waals surface area contributed by atoms with Crippen molar-refractivity contribution in [2.75, 3.05) is 23.3 Å². The van der Waals surface area contributed by atoms with Crippen LogP contribution in [0.1, 0.15) is 6.92 Å². The molecule has 0 heterocycles. The van der Waals surface area contributed by atoms with Gasteiger partial charge in [0.2, 0.25) is 0 Å². The molecule has 7 nitrogen and oxygen atoms in total. The first kappa shape index (κ1) is 24.4. The second kappa shape index (κ2) is 10.7. The van der Waals surface area contributed by atoms with Gasteiger partial charge in [0.25, 0.3) is 15.9 Å². The molecule has 0 bridgehead atoms. The quantitative estimate of drug-likeness (QED) is 0.301. The zero-order valence-corrected chi connectivity index (χ0v) is 20.4. The lowest BCUT2D eigenvalue weighted by molar-refractivity contribution is -0.118. The SMILES string of the molecule is CCOc1ccc(NS(=O)(=O)c2ccc(OCC(=O)Nc3cccc4ccccc34)c(Cl)c2)cc1. The van der Waals surface area contributed by atoms with Crippen molar-refractivity contribution in [2.24, 2.45) is 0 Å². The summed E-state index contributed by atoms with van der Waals surface area (Å²) in [5, 5.41) is 4.81. The molecule has 0 aliphatic rings. The smallest absolute Gasteiger partial charge is 0.262 e. The number of ether oxygens (including phenoxy) is 2. The first-order chi connectivity index (χ1) is 16.9. The lowest BCUT2D eigenvalue weighted by Crippen LogP contribution is -2.20. The molecule has 0 aromatic heterocycles. The van der Waals surface area contributed by atoms with Crippen LogP contribution >= 0.6 is 11.6 Å². The Kier molecular flexibility index (Phi) is 7.43. The van der Waals surface area contributed by atoms with Gasteiger partial charge in [0.1, 0.15) is 11.5 Å². The summed E-state index contributed by atoms with van der Waals surface area (Å²) in [6.45, 7) is 2.09. The summed E-state index contributed by atoms with van der Waals surface area (Å²) >= 11 is 6.25. The Morgan fingerprint density at radius 1 is 0.914 bits per heavy atom. The predicted molar refractivity (Wildman–Crippen MR) is 138 cm³/mol. The van der Waals surface area contributed by atoms with Gasteiger partial charge in [0.15, 0.2) is 6.61 Å². The fourth-order valence-corrected chi connectivity index (χ4v) is 4.81. The van der Waals surface area contributed by atoms with E-state index in [4.69, 9.17) is 21.1 Å². The number of rotatable bonds is 9. The zero-order valence-electron chi connectivity index (χ0n) is 18.8. The van der Waals surface area contributed by atoms with Gasteiger partial charge >= 0.3 is 0 Å². The molecule has 2 N–H and O–H groups in total. The van der Waals surface area contributed by atoms with Crippen molar-refractivity contribution < 1.29 is 22.7 Å². The maximum Gasteiger partial charge on any atom is 0.262 e. The first-order valence-electron chi connectivity index (χ1n) is 10.8. The number of hydrogen-bond donors (Lipinski definition) is 2. The summed E-state index contributed by atoms with van der Waals surface area (Å²) < 4.78 is 38.9. The fourth-order valence-electron chi connectivity index (χ4n) is 3.43. The van der Waals surface area contributed by atoms with E-state index in [1.807, 2.05) is 49.4 Å². The second-order valence-corrected chi connectivity index (χ2v) is 9.61. The lowest BCUT2D eigenvalue weighted by Gasteiger charge is -2.12. The van der Waals surface area contributed by atoms with Gasteiger partial charge in [-0.15, -0.1) is 0 Å². The highest BCUT2D eigenvalue weighted by molar-refractivity contribution is 7.92. The van der Waals surface area contributed by atoms with Crippen LogP contribution in [0.4, 0.5) is 11.4 Å². The molecule has 9 heteroatoms. The van der Waals surface area contributed by atoms with Gasteiger partial charge in [-0.2, -0.15) is 0 Å². The van der Waals surface area contributed by atoms with Gasteiger partial charge in [0, 0.05) is 16.8 Å². The van der Waals surface area contributed by atoms with Crippen LogP contribution in [-0.2, 0) is 14.8 Å². The number of anilines is 2. The molecular weight excluding hydrogens is 488 g/mol. The normalized spacial score (nSPS) is 11.1. The van der Waals surface area contributed by atoms with Crippen LogP contribution in [0, 0.1) is 0 Å². The number of sulfonamides is 1. The predicted octanol–water partition coefficient (Wildman–Crippen LogP) is 5.71.